The summed E-state index contributed by atoms with van der Waals surface area (Å²) >= 11 is 0. The molecule has 2 aliphatic rings. The number of ether oxygens (including phenoxy) is 1. The number of carbonyl (C=O) groups is 2. The third kappa shape index (κ3) is 3.61. The highest BCUT2D eigenvalue weighted by Gasteiger charge is 2.51. The number of nitrogens with zero attached hydrogens (tertiary/aromatic N) is 1. The smallest absolute Gasteiger partial charge is 0.231 e. The molecule has 1 heterocycles. The second-order valence-electron chi connectivity index (χ2n) is 8.02. The van der Waals surface area contributed by atoms with Gasteiger partial charge < -0.3 is 15.0 Å². The highest BCUT2D eigenvalue weighted by molar-refractivity contribution is 6.05. The molecule has 3 atom stereocenters. The lowest BCUT2D eigenvalue weighted by Gasteiger charge is -2.23. The first-order valence-corrected chi connectivity index (χ1v) is 9.92. The molecule has 2 aromatic carbocycles. The second-order valence-corrected chi connectivity index (χ2v) is 8.02. The summed E-state index contributed by atoms with van der Waals surface area (Å²) in [6.07, 6.45) is 1.60. The summed E-state index contributed by atoms with van der Waals surface area (Å²) in [6.45, 7) is 6.01. The van der Waals surface area contributed by atoms with Crippen LogP contribution in [0.3, 0.4) is 0 Å². The van der Waals surface area contributed by atoms with E-state index in [0.717, 1.165) is 23.5 Å². The molecular weight excluding hydrogens is 352 g/mol. The summed E-state index contributed by atoms with van der Waals surface area (Å²) in [7, 11) is 0. The quantitative estimate of drug-likeness (QED) is 0.855. The molecule has 146 valence electrons. The Labute approximate surface area is 165 Å². The Bertz CT molecular complexity index is 891. The average Bonchev–Trinajstić information content (AvgIpc) is 3.39. The average molecular weight is 378 g/mol. The second kappa shape index (κ2) is 7.30. The Morgan fingerprint density at radius 3 is 2.50 bits per heavy atom. The molecule has 28 heavy (non-hydrogen) atoms. The summed E-state index contributed by atoms with van der Waals surface area (Å²) < 4.78 is 5.62. The van der Waals surface area contributed by atoms with Gasteiger partial charge in [0.2, 0.25) is 11.8 Å². The van der Waals surface area contributed by atoms with Crippen LogP contribution >= 0.6 is 0 Å². The van der Waals surface area contributed by atoms with Crippen molar-refractivity contribution < 1.29 is 14.3 Å². The van der Waals surface area contributed by atoms with Gasteiger partial charge in [-0.05, 0) is 69.5 Å². The van der Waals surface area contributed by atoms with Gasteiger partial charge in [-0.3, -0.25) is 9.59 Å². The lowest BCUT2D eigenvalue weighted by Crippen LogP contribution is -2.37. The molecule has 0 aromatic heterocycles. The number of nitrogens with one attached hydrogen (secondary N) is 1. The summed E-state index contributed by atoms with van der Waals surface area (Å²) in [6, 6.07) is 15.5. The Balaban J connectivity index is 1.37. The van der Waals surface area contributed by atoms with Crippen molar-refractivity contribution in [1.29, 1.82) is 0 Å². The summed E-state index contributed by atoms with van der Waals surface area (Å²) in [5.74, 6) is 0.277. The summed E-state index contributed by atoms with van der Waals surface area (Å²) in [5, 5.41) is 2.92. The van der Waals surface area contributed by atoms with E-state index in [9.17, 15) is 9.59 Å². The van der Waals surface area contributed by atoms with Crippen molar-refractivity contribution in [3.63, 3.8) is 0 Å². The normalized spacial score (nSPS) is 22.7. The number of fused-ring (bicyclic) bond motifs is 1. The minimum atomic E-state index is -0.251. The van der Waals surface area contributed by atoms with Crippen molar-refractivity contribution >= 4 is 23.2 Å². The monoisotopic (exact) mass is 378 g/mol. The molecule has 0 bridgehead atoms. The predicted molar refractivity (Wildman–Crippen MR) is 110 cm³/mol. The van der Waals surface area contributed by atoms with Gasteiger partial charge in [0.1, 0.15) is 5.75 Å². The molecular formula is C23H26N2O3. The highest BCUT2D eigenvalue weighted by atomic mass is 16.5. The Hall–Kier alpha value is -2.82. The first kappa shape index (κ1) is 18.5. The van der Waals surface area contributed by atoms with E-state index in [0.29, 0.717) is 6.42 Å². The van der Waals surface area contributed by atoms with Gasteiger partial charge in [-0.1, -0.05) is 18.2 Å². The molecule has 1 aliphatic heterocycles. The van der Waals surface area contributed by atoms with E-state index < -0.39 is 0 Å². The lowest BCUT2D eigenvalue weighted by atomic mass is 10.1. The van der Waals surface area contributed by atoms with E-state index in [1.165, 1.54) is 5.56 Å². The third-order valence-electron chi connectivity index (χ3n) is 5.38. The summed E-state index contributed by atoms with van der Waals surface area (Å²) in [5.41, 5.74) is 2.92. The minimum Gasteiger partial charge on any atom is -0.491 e. The van der Waals surface area contributed by atoms with Gasteiger partial charge in [-0.2, -0.15) is 0 Å². The van der Waals surface area contributed by atoms with E-state index in [1.54, 1.807) is 0 Å². The van der Waals surface area contributed by atoms with Crippen molar-refractivity contribution in [1.82, 2.24) is 0 Å². The van der Waals surface area contributed by atoms with Crippen LogP contribution in [0.15, 0.2) is 48.5 Å². The van der Waals surface area contributed by atoms with Gasteiger partial charge in [0.15, 0.2) is 0 Å². The van der Waals surface area contributed by atoms with Crippen LogP contribution in [0.5, 0.6) is 5.75 Å². The molecule has 1 aliphatic carbocycles. The molecule has 5 heteroatoms. The van der Waals surface area contributed by atoms with Gasteiger partial charge in [-0.15, -0.1) is 0 Å². The molecule has 1 saturated carbocycles. The number of hydrogen-bond acceptors (Lipinski definition) is 3. The maximum absolute atomic E-state index is 13.0. The van der Waals surface area contributed by atoms with Crippen molar-refractivity contribution in [2.75, 3.05) is 10.2 Å². The first-order valence-electron chi connectivity index (χ1n) is 9.92. The van der Waals surface area contributed by atoms with Crippen molar-refractivity contribution in [3.8, 4) is 5.75 Å². The van der Waals surface area contributed by atoms with Gasteiger partial charge >= 0.3 is 0 Å². The molecule has 3 unspecified atom stereocenters. The summed E-state index contributed by atoms with van der Waals surface area (Å²) in [4.78, 5) is 27.5. The maximum atomic E-state index is 13.0. The SMILES string of the molecule is CC(C)Oc1ccc(NC(=O)C2CC2C(=O)N2c3ccccc3CC2C)cc1. The molecule has 0 saturated heterocycles. The fraction of sp³-hybridized carbons (Fsp3) is 0.391. The minimum absolute atomic E-state index is 0.0679. The van der Waals surface area contributed by atoms with Crippen LogP contribution < -0.4 is 15.0 Å². The number of benzene rings is 2. The topological polar surface area (TPSA) is 58.6 Å². The van der Waals surface area contributed by atoms with Crippen LogP contribution in [0.1, 0.15) is 32.8 Å². The highest BCUT2D eigenvalue weighted by Crippen LogP contribution is 2.44. The molecule has 2 aromatic rings. The largest absolute Gasteiger partial charge is 0.491 e. The molecule has 2 amide bonds. The fourth-order valence-electron chi connectivity index (χ4n) is 3.96. The van der Waals surface area contributed by atoms with Crippen LogP contribution in [-0.2, 0) is 16.0 Å². The van der Waals surface area contributed by atoms with Crippen molar-refractivity contribution in [2.24, 2.45) is 11.8 Å². The van der Waals surface area contributed by atoms with Crippen LogP contribution in [0.2, 0.25) is 0 Å². The zero-order valence-corrected chi connectivity index (χ0v) is 16.5. The zero-order valence-electron chi connectivity index (χ0n) is 16.5. The molecule has 5 nitrogen and oxygen atoms in total. The van der Waals surface area contributed by atoms with Gasteiger partial charge in [0.05, 0.1) is 17.9 Å². The number of amides is 2. The Kier molecular flexibility index (Phi) is 4.84. The third-order valence-corrected chi connectivity index (χ3v) is 5.38. The number of para-hydroxylation sites is 1. The van der Waals surface area contributed by atoms with E-state index in [1.807, 2.05) is 61.2 Å². The van der Waals surface area contributed by atoms with E-state index >= 15 is 0 Å². The maximum Gasteiger partial charge on any atom is 0.231 e. The van der Waals surface area contributed by atoms with Crippen molar-refractivity contribution in [2.45, 2.75) is 45.8 Å². The Morgan fingerprint density at radius 2 is 1.79 bits per heavy atom. The van der Waals surface area contributed by atoms with Gasteiger partial charge in [-0.25, -0.2) is 0 Å². The van der Waals surface area contributed by atoms with Gasteiger partial charge in [0, 0.05) is 17.4 Å². The number of anilines is 2. The van der Waals surface area contributed by atoms with E-state index in [4.69, 9.17) is 4.74 Å². The molecule has 1 N–H and O–H groups in total. The number of rotatable bonds is 5. The standard InChI is InChI=1S/C23H26N2O3/c1-14(2)28-18-10-8-17(9-11-18)24-22(26)19-13-20(19)23(27)25-15(3)12-16-6-4-5-7-21(16)25/h4-11,14-15,19-20H,12-13H2,1-3H3,(H,24,26). The number of hydrogen-bond donors (Lipinski definition) is 1. The predicted octanol–water partition coefficient (Wildman–Crippen LogP) is 4.03. The van der Waals surface area contributed by atoms with Gasteiger partial charge in [0.25, 0.3) is 0 Å². The van der Waals surface area contributed by atoms with Crippen LogP contribution in [0.4, 0.5) is 11.4 Å². The molecule has 0 radical (unpaired) electrons. The van der Waals surface area contributed by atoms with Crippen LogP contribution in [0.25, 0.3) is 0 Å². The zero-order chi connectivity index (χ0) is 19.8. The van der Waals surface area contributed by atoms with E-state index in [2.05, 4.69) is 18.3 Å². The fourth-order valence-corrected chi connectivity index (χ4v) is 3.96. The first-order chi connectivity index (χ1) is 13.4. The van der Waals surface area contributed by atoms with Crippen molar-refractivity contribution in [3.05, 3.63) is 54.1 Å². The van der Waals surface area contributed by atoms with Crippen LogP contribution in [-0.4, -0.2) is 24.0 Å². The van der Waals surface area contributed by atoms with E-state index in [-0.39, 0.29) is 35.8 Å². The number of carbonyl (C=O) groups excluding carboxylic acids is 2. The molecule has 4 rings (SSSR count). The van der Waals surface area contributed by atoms with Crippen LogP contribution in [0, 0.1) is 11.8 Å². The Morgan fingerprint density at radius 1 is 1.07 bits per heavy atom. The molecule has 1 fully saturated rings. The lowest BCUT2D eigenvalue weighted by molar-refractivity contribution is -0.123. The molecule has 0 spiro atoms.